The molecule has 1 N–H and O–H groups in total. The van der Waals surface area contributed by atoms with Gasteiger partial charge in [0.25, 0.3) is 5.91 Å². The molecule has 0 bridgehead atoms. The van der Waals surface area contributed by atoms with Crippen molar-refractivity contribution in [1.82, 2.24) is 4.98 Å². The van der Waals surface area contributed by atoms with Crippen molar-refractivity contribution in [2.24, 2.45) is 0 Å². The second-order valence-electron chi connectivity index (χ2n) is 3.73. The molecule has 0 saturated heterocycles. The van der Waals surface area contributed by atoms with Gasteiger partial charge in [0.05, 0.1) is 18.4 Å². The summed E-state index contributed by atoms with van der Waals surface area (Å²) in [5.74, 6) is 1.20. The molecule has 4 nitrogen and oxygen atoms in total. The van der Waals surface area contributed by atoms with Gasteiger partial charge in [-0.05, 0) is 18.4 Å². The van der Waals surface area contributed by atoms with Crippen LogP contribution in [0.2, 0.25) is 0 Å². The number of nitrogens with one attached hydrogen (secondary N) is 1. The van der Waals surface area contributed by atoms with Gasteiger partial charge in [-0.15, -0.1) is 11.3 Å². The Hall–Kier alpha value is -1.53. The predicted octanol–water partition coefficient (Wildman–Crippen LogP) is 3.27. The summed E-state index contributed by atoms with van der Waals surface area (Å²) < 4.78 is 5.17. The zero-order chi connectivity index (χ0) is 13.7. The lowest BCUT2D eigenvalue weighted by molar-refractivity contribution is 0.102. The van der Waals surface area contributed by atoms with Crippen LogP contribution in [0.25, 0.3) is 0 Å². The minimum Gasteiger partial charge on any atom is -0.496 e. The SMILES string of the molecule is COc1ccccc1C(=O)Nc1nc(CSC)cs1. The van der Waals surface area contributed by atoms with E-state index >= 15 is 0 Å². The van der Waals surface area contributed by atoms with E-state index in [9.17, 15) is 4.79 Å². The highest BCUT2D eigenvalue weighted by molar-refractivity contribution is 7.97. The van der Waals surface area contributed by atoms with Gasteiger partial charge in [-0.3, -0.25) is 10.1 Å². The van der Waals surface area contributed by atoms with Crippen molar-refractivity contribution >= 4 is 34.1 Å². The van der Waals surface area contributed by atoms with Crippen LogP contribution in [0.1, 0.15) is 16.1 Å². The van der Waals surface area contributed by atoms with Gasteiger partial charge >= 0.3 is 0 Å². The lowest BCUT2D eigenvalue weighted by atomic mass is 10.2. The highest BCUT2D eigenvalue weighted by Crippen LogP contribution is 2.22. The maximum Gasteiger partial charge on any atom is 0.261 e. The molecule has 0 fully saturated rings. The third-order valence-electron chi connectivity index (χ3n) is 2.42. The Morgan fingerprint density at radius 1 is 1.47 bits per heavy atom. The molecule has 0 unspecified atom stereocenters. The number of hydrogen-bond donors (Lipinski definition) is 1. The molecule has 19 heavy (non-hydrogen) atoms. The summed E-state index contributed by atoms with van der Waals surface area (Å²) in [7, 11) is 1.55. The summed E-state index contributed by atoms with van der Waals surface area (Å²) in [6, 6.07) is 7.12. The van der Waals surface area contributed by atoms with Crippen LogP contribution in [0.4, 0.5) is 5.13 Å². The first kappa shape index (κ1) is 13.9. The molecule has 1 amide bonds. The van der Waals surface area contributed by atoms with E-state index in [0.717, 1.165) is 11.4 Å². The highest BCUT2D eigenvalue weighted by Gasteiger charge is 2.13. The van der Waals surface area contributed by atoms with Crippen LogP contribution < -0.4 is 10.1 Å². The number of ether oxygens (including phenoxy) is 1. The Bertz CT molecular complexity index is 569. The van der Waals surface area contributed by atoms with Gasteiger partial charge in [0.15, 0.2) is 5.13 Å². The first-order valence-electron chi connectivity index (χ1n) is 5.62. The Morgan fingerprint density at radius 2 is 2.26 bits per heavy atom. The fourth-order valence-electron chi connectivity index (χ4n) is 1.58. The Kier molecular flexibility index (Phi) is 4.81. The average Bonchev–Trinajstić information content (AvgIpc) is 2.86. The van der Waals surface area contributed by atoms with Crippen molar-refractivity contribution in [2.45, 2.75) is 5.75 Å². The predicted molar refractivity (Wildman–Crippen MR) is 80.3 cm³/mol. The van der Waals surface area contributed by atoms with E-state index in [-0.39, 0.29) is 5.91 Å². The number of thiazole rings is 1. The van der Waals surface area contributed by atoms with Gasteiger partial charge in [-0.25, -0.2) is 4.98 Å². The first-order chi connectivity index (χ1) is 9.24. The van der Waals surface area contributed by atoms with E-state index in [1.54, 1.807) is 37.1 Å². The van der Waals surface area contributed by atoms with Crippen molar-refractivity contribution in [3.63, 3.8) is 0 Å². The summed E-state index contributed by atoms with van der Waals surface area (Å²) in [6.45, 7) is 0. The van der Waals surface area contributed by atoms with Crippen LogP contribution in [0.3, 0.4) is 0 Å². The number of benzene rings is 1. The van der Waals surface area contributed by atoms with Gasteiger partial charge in [0, 0.05) is 11.1 Å². The van der Waals surface area contributed by atoms with Crippen LogP contribution in [0.15, 0.2) is 29.6 Å². The number of nitrogens with zero attached hydrogens (tertiary/aromatic N) is 1. The minimum absolute atomic E-state index is 0.206. The molecule has 2 aromatic rings. The monoisotopic (exact) mass is 294 g/mol. The zero-order valence-corrected chi connectivity index (χ0v) is 12.3. The van der Waals surface area contributed by atoms with Crippen LogP contribution in [-0.2, 0) is 5.75 Å². The van der Waals surface area contributed by atoms with Crippen LogP contribution in [-0.4, -0.2) is 24.3 Å². The third-order valence-corrected chi connectivity index (χ3v) is 3.81. The Labute approximate surface area is 120 Å². The summed E-state index contributed by atoms with van der Waals surface area (Å²) in [5, 5.41) is 5.35. The summed E-state index contributed by atoms with van der Waals surface area (Å²) in [5.41, 5.74) is 1.49. The van der Waals surface area contributed by atoms with Crippen molar-refractivity contribution in [3.05, 3.63) is 40.9 Å². The van der Waals surface area contributed by atoms with Crippen molar-refractivity contribution < 1.29 is 9.53 Å². The summed E-state index contributed by atoms with van der Waals surface area (Å²) in [6.07, 6.45) is 2.02. The largest absolute Gasteiger partial charge is 0.496 e. The highest BCUT2D eigenvalue weighted by atomic mass is 32.2. The molecule has 0 aliphatic heterocycles. The zero-order valence-electron chi connectivity index (χ0n) is 10.7. The summed E-state index contributed by atoms with van der Waals surface area (Å²) >= 11 is 3.13. The minimum atomic E-state index is -0.206. The first-order valence-corrected chi connectivity index (χ1v) is 7.89. The van der Waals surface area contributed by atoms with Crippen molar-refractivity contribution in [1.29, 1.82) is 0 Å². The number of thioether (sulfide) groups is 1. The van der Waals surface area contributed by atoms with Gasteiger partial charge in [0.1, 0.15) is 5.75 Å². The van der Waals surface area contributed by atoms with E-state index in [2.05, 4.69) is 10.3 Å². The third kappa shape index (κ3) is 3.48. The molecule has 0 saturated carbocycles. The standard InChI is InChI=1S/C13H14N2O2S2/c1-17-11-6-4-3-5-10(11)12(16)15-13-14-9(7-18-2)8-19-13/h3-6,8H,7H2,1-2H3,(H,14,15,16). The van der Waals surface area contributed by atoms with Crippen LogP contribution in [0.5, 0.6) is 5.75 Å². The molecule has 100 valence electrons. The number of para-hydroxylation sites is 1. The van der Waals surface area contributed by atoms with Gasteiger partial charge < -0.3 is 4.74 Å². The second-order valence-corrected chi connectivity index (χ2v) is 5.46. The molecule has 0 radical (unpaired) electrons. The Balaban J connectivity index is 2.11. The van der Waals surface area contributed by atoms with Gasteiger partial charge in [-0.2, -0.15) is 11.8 Å². The molecule has 0 spiro atoms. The number of rotatable bonds is 5. The molecule has 1 heterocycles. The molecular formula is C13H14N2O2S2. The van der Waals surface area contributed by atoms with E-state index in [4.69, 9.17) is 4.74 Å². The van der Waals surface area contributed by atoms with Crippen LogP contribution in [0, 0.1) is 0 Å². The summed E-state index contributed by atoms with van der Waals surface area (Å²) in [4.78, 5) is 16.5. The normalized spacial score (nSPS) is 10.2. The molecule has 0 atom stereocenters. The maximum atomic E-state index is 12.1. The van der Waals surface area contributed by atoms with E-state index in [1.807, 2.05) is 17.7 Å². The molecule has 6 heteroatoms. The average molecular weight is 294 g/mol. The molecular weight excluding hydrogens is 280 g/mol. The lowest BCUT2D eigenvalue weighted by Crippen LogP contribution is -2.12. The number of aromatic nitrogens is 1. The quantitative estimate of drug-likeness (QED) is 0.919. The van der Waals surface area contributed by atoms with E-state index in [1.165, 1.54) is 11.3 Å². The molecule has 1 aromatic heterocycles. The second kappa shape index (κ2) is 6.58. The van der Waals surface area contributed by atoms with Gasteiger partial charge in [0.2, 0.25) is 0 Å². The van der Waals surface area contributed by atoms with E-state index in [0.29, 0.717) is 16.4 Å². The Morgan fingerprint density at radius 3 is 3.00 bits per heavy atom. The lowest BCUT2D eigenvalue weighted by Gasteiger charge is -2.06. The molecule has 1 aromatic carbocycles. The fraction of sp³-hybridized carbons (Fsp3) is 0.231. The fourth-order valence-corrected chi connectivity index (χ4v) is 2.83. The van der Waals surface area contributed by atoms with Crippen LogP contribution >= 0.6 is 23.1 Å². The number of carbonyl (C=O) groups is 1. The number of amides is 1. The van der Waals surface area contributed by atoms with Gasteiger partial charge in [-0.1, -0.05) is 12.1 Å². The molecule has 2 rings (SSSR count). The maximum absolute atomic E-state index is 12.1. The smallest absolute Gasteiger partial charge is 0.261 e. The number of hydrogen-bond acceptors (Lipinski definition) is 5. The van der Waals surface area contributed by atoms with Crippen molar-refractivity contribution in [3.8, 4) is 5.75 Å². The number of anilines is 1. The van der Waals surface area contributed by atoms with E-state index < -0.39 is 0 Å². The number of methoxy groups -OCH3 is 1. The van der Waals surface area contributed by atoms with Crippen molar-refractivity contribution in [2.75, 3.05) is 18.7 Å². The molecule has 0 aliphatic carbocycles. The topological polar surface area (TPSA) is 51.2 Å². The molecule has 0 aliphatic rings. The number of carbonyl (C=O) groups excluding carboxylic acids is 1.